The van der Waals surface area contributed by atoms with Crippen LogP contribution in [0.2, 0.25) is 0 Å². The second-order valence-electron chi connectivity index (χ2n) is 5.82. The van der Waals surface area contributed by atoms with Crippen molar-refractivity contribution in [3.8, 4) is 0 Å². The van der Waals surface area contributed by atoms with Crippen molar-refractivity contribution in [1.29, 1.82) is 0 Å². The van der Waals surface area contributed by atoms with Gasteiger partial charge in [0.15, 0.2) is 0 Å². The minimum Gasteiger partial charge on any atom is -0.284 e. The normalized spacial score (nSPS) is 16.3. The topological polar surface area (TPSA) is 141 Å². The van der Waals surface area contributed by atoms with Crippen molar-refractivity contribution in [2.24, 2.45) is 0 Å². The molecule has 1 unspecified atom stereocenters. The van der Waals surface area contributed by atoms with Gasteiger partial charge in [-0.05, 0) is 5.56 Å². The summed E-state index contributed by atoms with van der Waals surface area (Å²) in [6.45, 7) is 0. The third-order valence-corrected chi connectivity index (χ3v) is 4.87. The Morgan fingerprint density at radius 3 is 2.11 bits per heavy atom. The summed E-state index contributed by atoms with van der Waals surface area (Å²) in [6.07, 6.45) is 0.0706. The van der Waals surface area contributed by atoms with Crippen molar-refractivity contribution in [1.82, 2.24) is 4.90 Å². The van der Waals surface area contributed by atoms with Gasteiger partial charge in [0.1, 0.15) is 6.04 Å². The lowest BCUT2D eigenvalue weighted by molar-refractivity contribution is -0.394. The first-order valence-corrected chi connectivity index (χ1v) is 8.66. The van der Waals surface area contributed by atoms with E-state index in [0.29, 0.717) is 28.3 Å². The van der Waals surface area contributed by atoms with Crippen LogP contribution in [0.5, 0.6) is 0 Å². The fraction of sp³-hybridized carbons (Fsp3) is 0.118. The van der Waals surface area contributed by atoms with E-state index in [1.807, 2.05) is 0 Å². The molecule has 1 aliphatic rings. The van der Waals surface area contributed by atoms with Crippen molar-refractivity contribution in [2.75, 3.05) is 0 Å². The number of carbonyl (C=O) groups excluding carboxylic acids is 3. The summed E-state index contributed by atoms with van der Waals surface area (Å²) in [5, 5.41) is 20.7. The molecule has 0 aliphatic carbocycles. The zero-order valence-electron chi connectivity index (χ0n) is 14.0. The number of nitrogens with zero attached hydrogens (tertiary/aromatic N) is 3. The molecular formula is C17H11N3O7S. The van der Waals surface area contributed by atoms with Gasteiger partial charge in [-0.15, -0.1) is 0 Å². The van der Waals surface area contributed by atoms with Crippen molar-refractivity contribution < 1.29 is 24.2 Å². The van der Waals surface area contributed by atoms with Crippen LogP contribution in [0.25, 0.3) is 0 Å². The van der Waals surface area contributed by atoms with Gasteiger partial charge in [0.05, 0.1) is 21.5 Å². The molecule has 11 heteroatoms. The highest BCUT2D eigenvalue weighted by atomic mass is 32.2. The lowest BCUT2D eigenvalue weighted by Gasteiger charge is -2.20. The van der Waals surface area contributed by atoms with E-state index < -0.39 is 49.1 Å². The third-order valence-electron chi connectivity index (χ3n) is 4.03. The lowest BCUT2D eigenvalue weighted by atomic mass is 10.0. The molecule has 0 radical (unpaired) electrons. The number of rotatable bonds is 5. The molecule has 0 N–H and O–H groups in total. The first-order chi connectivity index (χ1) is 13.3. The Morgan fingerprint density at radius 2 is 1.57 bits per heavy atom. The van der Waals surface area contributed by atoms with Gasteiger partial charge in [0.25, 0.3) is 22.5 Å². The van der Waals surface area contributed by atoms with Gasteiger partial charge in [-0.25, -0.2) is 0 Å². The molecule has 3 rings (SSSR count). The Bertz CT molecular complexity index is 977. The second kappa shape index (κ2) is 7.56. The van der Waals surface area contributed by atoms with E-state index in [2.05, 4.69) is 0 Å². The molecule has 2 aromatic rings. The van der Waals surface area contributed by atoms with Gasteiger partial charge in [-0.1, -0.05) is 30.3 Å². The van der Waals surface area contributed by atoms with E-state index in [1.54, 1.807) is 30.3 Å². The molecule has 0 aromatic heterocycles. The summed E-state index contributed by atoms with van der Waals surface area (Å²) in [7, 11) is 0. The average molecular weight is 401 g/mol. The van der Waals surface area contributed by atoms with Gasteiger partial charge in [-0.2, -0.15) is 0 Å². The highest BCUT2D eigenvalue weighted by Gasteiger charge is 2.44. The molecule has 1 fully saturated rings. The summed E-state index contributed by atoms with van der Waals surface area (Å²) >= 11 is 0.359. The first kappa shape index (κ1) is 19.2. The number of imide groups is 1. The van der Waals surface area contributed by atoms with Gasteiger partial charge in [0, 0.05) is 30.3 Å². The molecule has 0 bridgehead atoms. The van der Waals surface area contributed by atoms with Crippen LogP contribution in [0, 0.1) is 20.2 Å². The van der Waals surface area contributed by atoms with Crippen LogP contribution in [0.15, 0.2) is 48.5 Å². The van der Waals surface area contributed by atoms with Crippen molar-refractivity contribution in [3.63, 3.8) is 0 Å². The molecule has 1 saturated heterocycles. The number of benzene rings is 2. The highest BCUT2D eigenvalue weighted by Crippen LogP contribution is 2.31. The molecule has 142 valence electrons. The monoisotopic (exact) mass is 401 g/mol. The third kappa shape index (κ3) is 3.74. The van der Waals surface area contributed by atoms with E-state index in [9.17, 15) is 34.6 Å². The summed E-state index contributed by atoms with van der Waals surface area (Å²) < 4.78 is 0. The molecule has 2 aromatic carbocycles. The first-order valence-electron chi connectivity index (χ1n) is 7.85. The number of thioether (sulfide) groups is 1. The van der Waals surface area contributed by atoms with Gasteiger partial charge < -0.3 is 0 Å². The van der Waals surface area contributed by atoms with Crippen molar-refractivity contribution in [3.05, 3.63) is 79.9 Å². The van der Waals surface area contributed by atoms with Crippen LogP contribution in [0.4, 0.5) is 16.2 Å². The van der Waals surface area contributed by atoms with Gasteiger partial charge >= 0.3 is 0 Å². The highest BCUT2D eigenvalue weighted by molar-refractivity contribution is 8.26. The Balaban J connectivity index is 1.99. The van der Waals surface area contributed by atoms with Crippen LogP contribution < -0.4 is 0 Å². The summed E-state index contributed by atoms with van der Waals surface area (Å²) in [6, 6.07) is 9.98. The molecule has 2 amide bonds. The molecule has 1 atom stereocenters. The number of amides is 2. The minimum atomic E-state index is -1.11. The Hall–Kier alpha value is -3.60. The Labute approximate surface area is 161 Å². The van der Waals surface area contributed by atoms with E-state index in [-0.39, 0.29) is 6.42 Å². The number of carbonyl (C=O) groups is 3. The van der Waals surface area contributed by atoms with E-state index in [0.717, 1.165) is 12.1 Å². The van der Waals surface area contributed by atoms with Crippen LogP contribution in [0.3, 0.4) is 0 Å². The molecule has 0 spiro atoms. The van der Waals surface area contributed by atoms with Crippen molar-refractivity contribution >= 4 is 39.4 Å². The largest absolute Gasteiger partial charge is 0.296 e. The smallest absolute Gasteiger partial charge is 0.284 e. The fourth-order valence-corrected chi connectivity index (χ4v) is 3.55. The minimum absolute atomic E-state index is 0.0706. The predicted molar refractivity (Wildman–Crippen MR) is 97.8 cm³/mol. The number of nitro groups is 2. The molecule has 1 aliphatic heterocycles. The quantitative estimate of drug-likeness (QED) is 0.550. The maximum atomic E-state index is 12.8. The number of non-ortho nitro benzene ring substituents is 2. The second-order valence-corrected chi connectivity index (χ2v) is 6.78. The summed E-state index contributed by atoms with van der Waals surface area (Å²) in [5.41, 5.74) is -1.04. The molecule has 1 heterocycles. The van der Waals surface area contributed by atoms with E-state index in [4.69, 9.17) is 0 Å². The zero-order chi connectivity index (χ0) is 20.4. The SMILES string of the molecule is O=C1SC(=O)N(C(=O)c2cc([N+](=O)[O-])cc([N+](=O)[O-])c2)C1Cc1ccccc1. The predicted octanol–water partition coefficient (Wildman–Crippen LogP) is 2.95. The average Bonchev–Trinajstić information content (AvgIpc) is 2.94. The zero-order valence-corrected chi connectivity index (χ0v) is 14.8. The van der Waals surface area contributed by atoms with Crippen LogP contribution >= 0.6 is 11.8 Å². The maximum Gasteiger partial charge on any atom is 0.296 e. The van der Waals surface area contributed by atoms with Gasteiger partial charge in [0.2, 0.25) is 5.12 Å². The Morgan fingerprint density at radius 1 is 1.00 bits per heavy atom. The van der Waals surface area contributed by atoms with E-state index in [1.165, 1.54) is 0 Å². The molecule has 0 saturated carbocycles. The molecule has 10 nitrogen and oxygen atoms in total. The number of nitro benzene ring substituents is 2. The lowest BCUT2D eigenvalue weighted by Crippen LogP contribution is -2.41. The summed E-state index contributed by atoms with van der Waals surface area (Å²) in [5.74, 6) is -1.00. The van der Waals surface area contributed by atoms with Crippen LogP contribution in [-0.2, 0) is 11.2 Å². The fourth-order valence-electron chi connectivity index (χ4n) is 2.74. The summed E-state index contributed by atoms with van der Waals surface area (Å²) in [4.78, 5) is 58.3. The van der Waals surface area contributed by atoms with Gasteiger partial charge in [-0.3, -0.25) is 39.5 Å². The molecule has 28 heavy (non-hydrogen) atoms. The standard InChI is InChI=1S/C17H11N3O7S/c21-15(11-7-12(19(24)25)9-13(8-11)20(26)27)18-14(16(22)28-17(18)23)6-10-4-2-1-3-5-10/h1-5,7-9,14H,6H2. The van der Waals surface area contributed by atoms with E-state index >= 15 is 0 Å². The maximum absolute atomic E-state index is 12.8. The number of hydrogen-bond donors (Lipinski definition) is 0. The molecular weight excluding hydrogens is 390 g/mol. The van der Waals surface area contributed by atoms with Crippen LogP contribution in [-0.4, -0.2) is 37.1 Å². The van der Waals surface area contributed by atoms with Crippen molar-refractivity contribution in [2.45, 2.75) is 12.5 Å². The van der Waals surface area contributed by atoms with Crippen LogP contribution in [0.1, 0.15) is 15.9 Å². The Kier molecular flexibility index (Phi) is 5.18. The number of hydrogen-bond acceptors (Lipinski definition) is 8.